The van der Waals surface area contributed by atoms with E-state index >= 15 is 0 Å². The number of piperazine rings is 1. The molecule has 0 spiro atoms. The molecule has 2 aromatic heterocycles. The van der Waals surface area contributed by atoms with E-state index in [1.54, 1.807) is 53.3 Å². The molecule has 0 bridgehead atoms. The Labute approximate surface area is 160 Å². The summed E-state index contributed by atoms with van der Waals surface area (Å²) < 4.78 is 15.9. The Kier molecular flexibility index (Phi) is 4.64. The average Bonchev–Trinajstić information content (AvgIpc) is 3.16. The molecule has 0 atom stereocenters. The lowest BCUT2D eigenvalue weighted by Gasteiger charge is -2.34. The quantitative estimate of drug-likeness (QED) is 0.737. The average molecular weight is 382 g/mol. The Morgan fingerprint density at radius 2 is 1.86 bits per heavy atom. The van der Waals surface area contributed by atoms with E-state index in [9.17, 15) is 14.0 Å². The fourth-order valence-corrected chi connectivity index (χ4v) is 3.22. The molecule has 0 saturated carbocycles. The molecule has 1 fully saturated rings. The first-order valence-corrected chi connectivity index (χ1v) is 8.91. The summed E-state index contributed by atoms with van der Waals surface area (Å²) in [6.45, 7) is 1.90. The van der Waals surface area contributed by atoms with Crippen LogP contribution in [-0.4, -0.2) is 56.7 Å². The van der Waals surface area contributed by atoms with Crippen molar-refractivity contribution in [3.63, 3.8) is 0 Å². The maximum absolute atomic E-state index is 14.3. The van der Waals surface area contributed by atoms with Gasteiger partial charge in [0, 0.05) is 45.0 Å². The van der Waals surface area contributed by atoms with Gasteiger partial charge < -0.3 is 9.80 Å². The largest absolute Gasteiger partial charge is 0.339 e. The highest BCUT2D eigenvalue weighted by atomic mass is 19.1. The molecule has 1 N–H and O–H groups in total. The normalized spacial score (nSPS) is 14.4. The van der Waals surface area contributed by atoms with Crippen LogP contribution in [0.1, 0.15) is 10.4 Å². The number of aryl methyl sites for hydroxylation is 1. The van der Waals surface area contributed by atoms with Crippen LogP contribution in [-0.2, 0) is 7.05 Å². The predicted octanol–water partition coefficient (Wildman–Crippen LogP) is 1.27. The molecule has 144 valence electrons. The van der Waals surface area contributed by atoms with Crippen LogP contribution in [0.5, 0.6) is 0 Å². The number of halogens is 1. The molecule has 0 aliphatic carbocycles. The molecule has 0 radical (unpaired) electrons. The lowest BCUT2D eigenvalue weighted by atomic mass is 10.1. The molecule has 3 aromatic rings. The van der Waals surface area contributed by atoms with E-state index in [0.29, 0.717) is 43.3 Å². The first-order valence-electron chi connectivity index (χ1n) is 8.91. The van der Waals surface area contributed by atoms with Gasteiger partial charge in [-0.3, -0.25) is 19.3 Å². The Morgan fingerprint density at radius 1 is 1.14 bits per heavy atom. The zero-order valence-electron chi connectivity index (χ0n) is 15.3. The number of rotatable bonds is 3. The van der Waals surface area contributed by atoms with E-state index in [0.717, 1.165) is 0 Å². The number of amides is 1. The van der Waals surface area contributed by atoms with Gasteiger partial charge in [0.25, 0.3) is 11.5 Å². The highest BCUT2D eigenvalue weighted by Gasteiger charge is 2.25. The molecule has 1 aliphatic heterocycles. The number of aromatic nitrogens is 4. The number of nitrogens with zero attached hydrogens (tertiary/aromatic N) is 5. The molecular weight excluding hydrogens is 363 g/mol. The number of hydrogen-bond acceptors (Lipinski definition) is 5. The van der Waals surface area contributed by atoms with Gasteiger partial charge in [0.1, 0.15) is 5.69 Å². The monoisotopic (exact) mass is 382 g/mol. The summed E-state index contributed by atoms with van der Waals surface area (Å²) in [7, 11) is 1.76. The molecule has 0 unspecified atom stereocenters. The molecule has 28 heavy (non-hydrogen) atoms. The maximum Gasteiger partial charge on any atom is 0.289 e. The molecule has 4 rings (SSSR count). The van der Waals surface area contributed by atoms with Gasteiger partial charge in [-0.25, -0.2) is 4.98 Å². The first-order chi connectivity index (χ1) is 13.5. The number of aromatic amines is 1. The van der Waals surface area contributed by atoms with Gasteiger partial charge in [0.15, 0.2) is 0 Å². The SMILES string of the molecule is Cn1cc(C(=O)N2CCN(c3nc(-c4ccccc4)c(F)c(=O)[nH]3)CC2)cn1. The molecule has 8 nitrogen and oxygen atoms in total. The van der Waals surface area contributed by atoms with Crippen LogP contribution in [0.4, 0.5) is 10.3 Å². The molecule has 3 heterocycles. The summed E-state index contributed by atoms with van der Waals surface area (Å²) >= 11 is 0. The minimum Gasteiger partial charge on any atom is -0.339 e. The smallest absolute Gasteiger partial charge is 0.289 e. The summed E-state index contributed by atoms with van der Waals surface area (Å²) in [5, 5.41) is 4.03. The maximum atomic E-state index is 14.3. The molecule has 1 aromatic carbocycles. The number of carbonyl (C=O) groups excluding carboxylic acids is 1. The zero-order valence-corrected chi connectivity index (χ0v) is 15.3. The van der Waals surface area contributed by atoms with E-state index in [2.05, 4.69) is 15.1 Å². The van der Waals surface area contributed by atoms with Crippen molar-refractivity contribution >= 4 is 11.9 Å². The topological polar surface area (TPSA) is 87.1 Å². The van der Waals surface area contributed by atoms with Crippen molar-refractivity contribution in [3.8, 4) is 11.3 Å². The molecule has 1 aliphatic rings. The summed E-state index contributed by atoms with van der Waals surface area (Å²) in [6, 6.07) is 8.76. The first kappa shape index (κ1) is 17.9. The Hall–Kier alpha value is -3.49. The van der Waals surface area contributed by atoms with Crippen molar-refractivity contribution in [1.82, 2.24) is 24.6 Å². The standard InChI is InChI=1S/C19H19FN6O2/c1-24-12-14(11-21-24)18(28)25-7-9-26(10-8-25)19-22-16(15(20)17(27)23-19)13-5-3-2-4-6-13/h2-6,11-12H,7-10H2,1H3,(H,22,23,27). The summed E-state index contributed by atoms with van der Waals surface area (Å²) in [4.78, 5) is 35.0. The third kappa shape index (κ3) is 3.38. The Morgan fingerprint density at radius 3 is 2.50 bits per heavy atom. The number of nitrogens with one attached hydrogen (secondary N) is 1. The van der Waals surface area contributed by atoms with E-state index in [1.807, 2.05) is 11.0 Å². The fraction of sp³-hybridized carbons (Fsp3) is 0.263. The van der Waals surface area contributed by atoms with Crippen LogP contribution in [0.15, 0.2) is 47.5 Å². The lowest BCUT2D eigenvalue weighted by Crippen LogP contribution is -2.49. The van der Waals surface area contributed by atoms with Crippen LogP contribution < -0.4 is 10.5 Å². The van der Waals surface area contributed by atoms with Crippen LogP contribution >= 0.6 is 0 Å². The van der Waals surface area contributed by atoms with E-state index in [1.165, 1.54) is 0 Å². The van der Waals surface area contributed by atoms with Crippen molar-refractivity contribution < 1.29 is 9.18 Å². The zero-order chi connectivity index (χ0) is 19.7. The van der Waals surface area contributed by atoms with Crippen molar-refractivity contribution in [2.45, 2.75) is 0 Å². The van der Waals surface area contributed by atoms with Crippen LogP contribution in [0.25, 0.3) is 11.3 Å². The van der Waals surface area contributed by atoms with Gasteiger partial charge in [-0.15, -0.1) is 0 Å². The van der Waals surface area contributed by atoms with Crippen molar-refractivity contribution in [2.24, 2.45) is 7.05 Å². The Balaban J connectivity index is 1.53. The number of H-pyrrole nitrogens is 1. The van der Waals surface area contributed by atoms with Crippen molar-refractivity contribution in [3.05, 3.63) is 64.5 Å². The summed E-state index contributed by atoms with van der Waals surface area (Å²) in [5.74, 6) is -0.683. The summed E-state index contributed by atoms with van der Waals surface area (Å²) in [5.41, 5.74) is 0.291. The van der Waals surface area contributed by atoms with Crippen LogP contribution in [0.3, 0.4) is 0 Å². The van der Waals surface area contributed by atoms with E-state index < -0.39 is 11.4 Å². The lowest BCUT2D eigenvalue weighted by molar-refractivity contribution is 0.0746. The molecule has 1 saturated heterocycles. The predicted molar refractivity (Wildman–Crippen MR) is 102 cm³/mol. The number of carbonyl (C=O) groups is 1. The molecule has 1 amide bonds. The second kappa shape index (κ2) is 7.26. The molecular formula is C19H19FN6O2. The van der Waals surface area contributed by atoms with Gasteiger partial charge in [-0.2, -0.15) is 9.49 Å². The van der Waals surface area contributed by atoms with Gasteiger partial charge in [0.2, 0.25) is 11.8 Å². The number of hydrogen-bond donors (Lipinski definition) is 1. The highest BCUT2D eigenvalue weighted by molar-refractivity contribution is 5.93. The second-order valence-corrected chi connectivity index (χ2v) is 6.60. The van der Waals surface area contributed by atoms with E-state index in [4.69, 9.17) is 0 Å². The Bertz CT molecular complexity index is 1050. The van der Waals surface area contributed by atoms with Gasteiger partial charge in [-0.05, 0) is 0 Å². The second-order valence-electron chi connectivity index (χ2n) is 6.60. The highest BCUT2D eigenvalue weighted by Crippen LogP contribution is 2.21. The minimum atomic E-state index is -0.902. The summed E-state index contributed by atoms with van der Waals surface area (Å²) in [6.07, 6.45) is 3.22. The van der Waals surface area contributed by atoms with Gasteiger partial charge in [0.05, 0.1) is 11.8 Å². The van der Waals surface area contributed by atoms with E-state index in [-0.39, 0.29) is 11.6 Å². The number of anilines is 1. The van der Waals surface area contributed by atoms with Crippen LogP contribution in [0.2, 0.25) is 0 Å². The van der Waals surface area contributed by atoms with Crippen molar-refractivity contribution in [1.29, 1.82) is 0 Å². The minimum absolute atomic E-state index is 0.0215. The van der Waals surface area contributed by atoms with Crippen molar-refractivity contribution in [2.75, 3.05) is 31.1 Å². The molecule has 9 heteroatoms. The van der Waals surface area contributed by atoms with Gasteiger partial charge in [-0.1, -0.05) is 30.3 Å². The third-order valence-corrected chi connectivity index (χ3v) is 4.72. The van der Waals surface area contributed by atoms with Crippen LogP contribution in [0, 0.1) is 5.82 Å². The van der Waals surface area contributed by atoms with Gasteiger partial charge >= 0.3 is 0 Å². The number of benzene rings is 1. The fourth-order valence-electron chi connectivity index (χ4n) is 3.22. The third-order valence-electron chi connectivity index (χ3n) is 4.72.